The topological polar surface area (TPSA) is 87.2 Å². The third kappa shape index (κ3) is 4.82. The van der Waals surface area contributed by atoms with Crippen LogP contribution in [0, 0.1) is 5.41 Å². The molecule has 0 aliphatic carbocycles. The highest BCUT2D eigenvalue weighted by Gasteiger charge is 2.18. The molecule has 0 radical (unpaired) electrons. The van der Waals surface area contributed by atoms with Crippen LogP contribution in [0.2, 0.25) is 0 Å². The highest BCUT2D eigenvalue weighted by molar-refractivity contribution is 7.91. The number of nitrogens with two attached hydrogens (primary N) is 1. The van der Waals surface area contributed by atoms with Crippen LogP contribution in [-0.4, -0.2) is 44.5 Å². The maximum Gasteiger partial charge on any atom is 0.179 e. The van der Waals surface area contributed by atoms with Gasteiger partial charge in [-0.3, -0.25) is 5.41 Å². The van der Waals surface area contributed by atoms with Crippen LogP contribution in [-0.2, 0) is 9.84 Å². The van der Waals surface area contributed by atoms with Crippen molar-refractivity contribution in [2.45, 2.75) is 37.6 Å². The van der Waals surface area contributed by atoms with Crippen LogP contribution in [0.4, 0.5) is 0 Å². The first-order valence-corrected chi connectivity index (χ1v) is 8.84. The van der Waals surface area contributed by atoms with Crippen LogP contribution in [0.25, 0.3) is 0 Å². The molecule has 0 amide bonds. The van der Waals surface area contributed by atoms with Gasteiger partial charge < -0.3 is 10.6 Å². The van der Waals surface area contributed by atoms with E-state index >= 15 is 0 Å². The van der Waals surface area contributed by atoms with Crippen LogP contribution >= 0.6 is 0 Å². The normalized spacial score (nSPS) is 12.0. The molecular formula is C15H25N3O2S. The summed E-state index contributed by atoms with van der Waals surface area (Å²) < 4.78 is 24.6. The van der Waals surface area contributed by atoms with Crippen molar-refractivity contribution in [1.29, 1.82) is 5.41 Å². The smallest absolute Gasteiger partial charge is 0.179 e. The summed E-state index contributed by atoms with van der Waals surface area (Å²) in [7, 11) is -1.34. The Kier molecular flexibility index (Phi) is 6.36. The van der Waals surface area contributed by atoms with Crippen LogP contribution in [0.1, 0.15) is 32.3 Å². The largest absolute Gasteiger partial charge is 0.384 e. The zero-order valence-electron chi connectivity index (χ0n) is 13.0. The first-order valence-electron chi connectivity index (χ1n) is 7.19. The van der Waals surface area contributed by atoms with Gasteiger partial charge in [0.1, 0.15) is 5.84 Å². The minimum Gasteiger partial charge on any atom is -0.384 e. The van der Waals surface area contributed by atoms with E-state index in [9.17, 15) is 8.42 Å². The average Bonchev–Trinajstić information content (AvgIpc) is 2.46. The van der Waals surface area contributed by atoms with Gasteiger partial charge in [0.05, 0.1) is 10.6 Å². The molecule has 6 heteroatoms. The van der Waals surface area contributed by atoms with Crippen molar-refractivity contribution in [2.24, 2.45) is 5.73 Å². The second-order valence-corrected chi connectivity index (χ2v) is 7.32. The second kappa shape index (κ2) is 7.56. The third-order valence-corrected chi connectivity index (χ3v) is 5.51. The van der Waals surface area contributed by atoms with Crippen LogP contribution in [0.5, 0.6) is 0 Å². The van der Waals surface area contributed by atoms with Gasteiger partial charge in [-0.2, -0.15) is 0 Å². The van der Waals surface area contributed by atoms with Crippen molar-refractivity contribution in [1.82, 2.24) is 4.90 Å². The Labute approximate surface area is 127 Å². The number of benzene rings is 1. The lowest BCUT2D eigenvalue weighted by Gasteiger charge is -2.25. The van der Waals surface area contributed by atoms with Gasteiger partial charge in [-0.15, -0.1) is 0 Å². The van der Waals surface area contributed by atoms with E-state index in [0.29, 0.717) is 18.2 Å². The van der Waals surface area contributed by atoms with E-state index in [1.165, 1.54) is 12.1 Å². The van der Waals surface area contributed by atoms with Crippen molar-refractivity contribution >= 4 is 15.7 Å². The Balaban J connectivity index is 2.75. The number of sulfone groups is 1. The van der Waals surface area contributed by atoms with E-state index < -0.39 is 9.84 Å². The van der Waals surface area contributed by atoms with Gasteiger partial charge in [-0.05, 0) is 32.0 Å². The number of hydrogen-bond acceptors (Lipinski definition) is 4. The Hall–Kier alpha value is -1.40. The van der Waals surface area contributed by atoms with Gasteiger partial charge in [0.15, 0.2) is 9.84 Å². The van der Waals surface area contributed by atoms with Gasteiger partial charge in [0, 0.05) is 18.2 Å². The van der Waals surface area contributed by atoms with Gasteiger partial charge in [0.25, 0.3) is 0 Å². The van der Waals surface area contributed by atoms with Crippen molar-refractivity contribution < 1.29 is 8.42 Å². The summed E-state index contributed by atoms with van der Waals surface area (Å²) in [4.78, 5) is 2.38. The molecule has 5 nitrogen and oxygen atoms in total. The lowest BCUT2D eigenvalue weighted by atomic mass is 10.1. The van der Waals surface area contributed by atoms with E-state index in [1.54, 1.807) is 12.1 Å². The highest BCUT2D eigenvalue weighted by Crippen LogP contribution is 2.14. The molecule has 21 heavy (non-hydrogen) atoms. The number of hydrogen-bond donors (Lipinski definition) is 2. The van der Waals surface area contributed by atoms with Gasteiger partial charge in [-0.1, -0.05) is 26.0 Å². The zero-order chi connectivity index (χ0) is 16.0. The summed E-state index contributed by atoms with van der Waals surface area (Å²) in [5, 5.41) is 7.31. The summed E-state index contributed by atoms with van der Waals surface area (Å²) in [5.41, 5.74) is 5.89. The number of amidine groups is 1. The standard InChI is InChI=1S/C15H25N3O2S/c1-4-13(5-2)18(3)10-11-21(19,20)14-8-6-12(7-9-14)15(16)17/h6-9,13H,4-5,10-11H2,1-3H3,(H3,16,17). The predicted octanol–water partition coefficient (Wildman–Crippen LogP) is 1.86. The molecule has 0 heterocycles. The zero-order valence-corrected chi connectivity index (χ0v) is 13.8. The Morgan fingerprint density at radius 2 is 1.76 bits per heavy atom. The van der Waals surface area contributed by atoms with Gasteiger partial charge >= 0.3 is 0 Å². The maximum absolute atomic E-state index is 12.3. The summed E-state index contributed by atoms with van der Waals surface area (Å²) in [6.45, 7) is 4.74. The fourth-order valence-electron chi connectivity index (χ4n) is 2.32. The molecule has 0 saturated carbocycles. The second-order valence-electron chi connectivity index (χ2n) is 5.21. The molecule has 0 fully saturated rings. The molecule has 3 N–H and O–H groups in total. The van der Waals surface area contributed by atoms with Crippen LogP contribution in [0.15, 0.2) is 29.2 Å². The van der Waals surface area contributed by atoms with Crippen molar-refractivity contribution in [3.63, 3.8) is 0 Å². The predicted molar refractivity (Wildman–Crippen MR) is 86.5 cm³/mol. The Morgan fingerprint density at radius 1 is 1.24 bits per heavy atom. The quantitative estimate of drug-likeness (QED) is 0.567. The lowest BCUT2D eigenvalue weighted by Crippen LogP contribution is -2.34. The molecule has 0 unspecified atom stereocenters. The fourth-order valence-corrected chi connectivity index (χ4v) is 3.63. The van der Waals surface area contributed by atoms with Crippen molar-refractivity contribution in [3.8, 4) is 0 Å². The first-order chi connectivity index (χ1) is 9.81. The number of nitrogens with one attached hydrogen (secondary N) is 1. The van der Waals surface area contributed by atoms with Crippen LogP contribution < -0.4 is 5.73 Å². The summed E-state index contributed by atoms with van der Waals surface area (Å²) in [5.74, 6) is 0.0341. The number of rotatable bonds is 8. The molecule has 0 bridgehead atoms. The Bertz CT molecular complexity index is 563. The number of nitrogens with zero attached hydrogens (tertiary/aromatic N) is 1. The minimum atomic E-state index is -3.30. The molecule has 1 rings (SSSR count). The van der Waals surface area contributed by atoms with E-state index in [1.807, 2.05) is 7.05 Å². The molecule has 0 spiro atoms. The molecule has 0 aliphatic heterocycles. The summed E-state index contributed by atoms with van der Waals surface area (Å²) >= 11 is 0. The molecule has 1 aromatic rings. The van der Waals surface area contributed by atoms with Gasteiger partial charge in [-0.25, -0.2) is 8.42 Å². The SMILES string of the molecule is CCC(CC)N(C)CCS(=O)(=O)c1ccc(C(=N)N)cc1. The van der Waals surface area contributed by atoms with Crippen molar-refractivity contribution in [3.05, 3.63) is 29.8 Å². The molecule has 0 aromatic heterocycles. The maximum atomic E-state index is 12.3. The van der Waals surface area contributed by atoms with E-state index in [-0.39, 0.29) is 16.5 Å². The summed E-state index contributed by atoms with van der Waals surface area (Å²) in [6.07, 6.45) is 2.03. The van der Waals surface area contributed by atoms with E-state index in [2.05, 4.69) is 18.7 Å². The monoisotopic (exact) mass is 311 g/mol. The molecule has 0 atom stereocenters. The Morgan fingerprint density at radius 3 is 2.19 bits per heavy atom. The fraction of sp³-hybridized carbons (Fsp3) is 0.533. The molecular weight excluding hydrogens is 286 g/mol. The molecule has 1 aromatic carbocycles. The molecule has 0 saturated heterocycles. The average molecular weight is 311 g/mol. The minimum absolute atomic E-state index is 0.0626. The third-order valence-electron chi connectivity index (χ3n) is 3.80. The molecule has 0 aliphatic rings. The first kappa shape index (κ1) is 17.7. The van der Waals surface area contributed by atoms with Crippen molar-refractivity contribution in [2.75, 3.05) is 19.3 Å². The number of nitrogen functional groups attached to an aromatic ring is 1. The van der Waals surface area contributed by atoms with Gasteiger partial charge in [0.2, 0.25) is 0 Å². The van der Waals surface area contributed by atoms with E-state index in [0.717, 1.165) is 12.8 Å². The van der Waals surface area contributed by atoms with E-state index in [4.69, 9.17) is 11.1 Å². The highest BCUT2D eigenvalue weighted by atomic mass is 32.2. The lowest BCUT2D eigenvalue weighted by molar-refractivity contribution is 0.242. The van der Waals surface area contributed by atoms with Crippen LogP contribution in [0.3, 0.4) is 0 Å². The summed E-state index contributed by atoms with van der Waals surface area (Å²) in [6, 6.07) is 6.59. The molecule has 118 valence electrons.